The van der Waals surface area contributed by atoms with Crippen molar-refractivity contribution in [1.82, 2.24) is 15.0 Å². The van der Waals surface area contributed by atoms with Gasteiger partial charge in [-0.25, -0.2) is 0 Å². The first-order valence-electron chi connectivity index (χ1n) is 8.98. The SMILES string of the molecule is COc1ccc(Br)cc1C=CC(=O)Nc1cc2nn(-c3ccccc3)nc2cc1Cl. The predicted octanol–water partition coefficient (Wildman–Crippen LogP) is 5.50. The first kappa shape index (κ1) is 20.1. The van der Waals surface area contributed by atoms with E-state index in [0.29, 0.717) is 27.5 Å². The van der Waals surface area contributed by atoms with Crippen molar-refractivity contribution in [3.8, 4) is 11.4 Å². The van der Waals surface area contributed by atoms with E-state index in [4.69, 9.17) is 16.3 Å². The molecule has 0 radical (unpaired) electrons. The number of rotatable bonds is 5. The first-order valence-corrected chi connectivity index (χ1v) is 10.2. The van der Waals surface area contributed by atoms with E-state index in [2.05, 4.69) is 31.4 Å². The van der Waals surface area contributed by atoms with Crippen LogP contribution in [-0.2, 0) is 4.79 Å². The lowest BCUT2D eigenvalue weighted by Gasteiger charge is -2.06. The molecule has 0 aliphatic heterocycles. The third-order valence-corrected chi connectivity index (χ3v) is 5.13. The maximum atomic E-state index is 12.4. The van der Waals surface area contributed by atoms with Crippen LogP contribution in [0.3, 0.4) is 0 Å². The monoisotopic (exact) mass is 482 g/mol. The third kappa shape index (κ3) is 4.37. The van der Waals surface area contributed by atoms with Crippen molar-refractivity contribution in [2.75, 3.05) is 12.4 Å². The number of anilines is 1. The highest BCUT2D eigenvalue weighted by atomic mass is 79.9. The molecule has 4 aromatic rings. The van der Waals surface area contributed by atoms with Crippen LogP contribution in [0.4, 0.5) is 5.69 Å². The number of ether oxygens (including phenoxy) is 1. The molecule has 0 atom stereocenters. The van der Waals surface area contributed by atoms with Crippen molar-refractivity contribution in [3.63, 3.8) is 0 Å². The second-order valence-corrected chi connectivity index (χ2v) is 7.68. The molecule has 30 heavy (non-hydrogen) atoms. The quantitative estimate of drug-likeness (QED) is 0.381. The lowest BCUT2D eigenvalue weighted by Crippen LogP contribution is -2.08. The fraction of sp³-hybridized carbons (Fsp3) is 0.0455. The summed E-state index contributed by atoms with van der Waals surface area (Å²) in [5.41, 5.74) is 3.32. The van der Waals surface area contributed by atoms with Gasteiger partial charge in [-0.05, 0) is 48.5 Å². The number of amides is 1. The minimum absolute atomic E-state index is 0.325. The Bertz CT molecular complexity index is 1250. The van der Waals surface area contributed by atoms with E-state index < -0.39 is 0 Å². The van der Waals surface area contributed by atoms with Crippen LogP contribution in [-0.4, -0.2) is 28.0 Å². The molecule has 4 rings (SSSR count). The van der Waals surface area contributed by atoms with E-state index >= 15 is 0 Å². The van der Waals surface area contributed by atoms with Gasteiger partial charge in [0, 0.05) is 16.1 Å². The summed E-state index contributed by atoms with van der Waals surface area (Å²) in [6.45, 7) is 0. The molecular weight excluding hydrogens is 468 g/mol. The molecule has 0 bridgehead atoms. The molecule has 6 nitrogen and oxygen atoms in total. The minimum atomic E-state index is -0.325. The zero-order chi connectivity index (χ0) is 21.1. The van der Waals surface area contributed by atoms with Crippen molar-refractivity contribution < 1.29 is 9.53 Å². The summed E-state index contributed by atoms with van der Waals surface area (Å²) < 4.78 is 6.20. The van der Waals surface area contributed by atoms with Gasteiger partial charge in [0.05, 0.1) is 23.5 Å². The Balaban J connectivity index is 1.57. The van der Waals surface area contributed by atoms with Crippen LogP contribution in [0.1, 0.15) is 5.56 Å². The van der Waals surface area contributed by atoms with E-state index in [0.717, 1.165) is 15.7 Å². The Morgan fingerprint density at radius 2 is 1.83 bits per heavy atom. The molecule has 3 aromatic carbocycles. The summed E-state index contributed by atoms with van der Waals surface area (Å²) >= 11 is 9.76. The molecule has 0 saturated heterocycles. The summed E-state index contributed by atoms with van der Waals surface area (Å²) in [6.07, 6.45) is 3.10. The Kier molecular flexibility index (Phi) is 5.83. The van der Waals surface area contributed by atoms with Gasteiger partial charge >= 0.3 is 0 Å². The number of para-hydroxylation sites is 1. The van der Waals surface area contributed by atoms with Crippen molar-refractivity contribution in [3.05, 3.63) is 81.8 Å². The summed E-state index contributed by atoms with van der Waals surface area (Å²) in [6, 6.07) is 18.5. The average molecular weight is 484 g/mol. The van der Waals surface area contributed by atoms with Gasteiger partial charge in [0.2, 0.25) is 5.91 Å². The van der Waals surface area contributed by atoms with E-state index in [1.165, 1.54) is 10.9 Å². The standard InChI is InChI=1S/C22H16BrClN4O2/c1-30-21-9-8-15(23)11-14(21)7-10-22(29)25-18-13-20-19(12-17(18)24)26-28(27-20)16-5-3-2-4-6-16/h2-13H,1H3,(H,25,29). The van der Waals surface area contributed by atoms with Crippen LogP contribution in [0, 0.1) is 0 Å². The van der Waals surface area contributed by atoms with Gasteiger partial charge in [0.15, 0.2) is 0 Å². The summed E-state index contributed by atoms with van der Waals surface area (Å²) in [7, 11) is 1.58. The van der Waals surface area contributed by atoms with E-state index in [9.17, 15) is 4.79 Å². The molecule has 1 N–H and O–H groups in total. The van der Waals surface area contributed by atoms with E-state index in [1.807, 2.05) is 48.5 Å². The number of aromatic nitrogens is 3. The number of halogens is 2. The van der Waals surface area contributed by atoms with Crippen LogP contribution in [0.25, 0.3) is 22.8 Å². The number of nitrogens with zero attached hydrogens (tertiary/aromatic N) is 3. The van der Waals surface area contributed by atoms with Crippen molar-refractivity contribution >= 4 is 56.2 Å². The average Bonchev–Trinajstić information content (AvgIpc) is 3.16. The maximum Gasteiger partial charge on any atom is 0.248 e. The smallest absolute Gasteiger partial charge is 0.248 e. The van der Waals surface area contributed by atoms with Crippen LogP contribution in [0.15, 0.2) is 71.2 Å². The highest BCUT2D eigenvalue weighted by Crippen LogP contribution is 2.28. The van der Waals surface area contributed by atoms with Crippen LogP contribution >= 0.6 is 27.5 Å². The van der Waals surface area contributed by atoms with Crippen molar-refractivity contribution in [2.24, 2.45) is 0 Å². The molecule has 0 saturated carbocycles. The van der Waals surface area contributed by atoms with E-state index in [1.54, 1.807) is 25.3 Å². The van der Waals surface area contributed by atoms with Crippen LogP contribution < -0.4 is 10.1 Å². The van der Waals surface area contributed by atoms with Crippen LogP contribution in [0.2, 0.25) is 5.02 Å². The summed E-state index contributed by atoms with van der Waals surface area (Å²) in [5, 5.41) is 12.1. The zero-order valence-corrected chi connectivity index (χ0v) is 18.2. The molecular formula is C22H16BrClN4O2. The Hall–Kier alpha value is -3.16. The number of benzene rings is 3. The Morgan fingerprint density at radius 3 is 2.57 bits per heavy atom. The number of hydrogen-bond acceptors (Lipinski definition) is 4. The first-order chi connectivity index (χ1) is 14.5. The maximum absolute atomic E-state index is 12.4. The molecule has 8 heteroatoms. The van der Waals surface area contributed by atoms with Gasteiger partial charge in [-0.15, -0.1) is 10.2 Å². The summed E-state index contributed by atoms with van der Waals surface area (Å²) in [5.74, 6) is 0.341. The van der Waals surface area contributed by atoms with Gasteiger partial charge in [-0.2, -0.15) is 4.80 Å². The number of fused-ring (bicyclic) bond motifs is 1. The number of carbonyl (C=O) groups is 1. The fourth-order valence-electron chi connectivity index (χ4n) is 2.89. The Morgan fingerprint density at radius 1 is 1.10 bits per heavy atom. The highest BCUT2D eigenvalue weighted by Gasteiger charge is 2.11. The van der Waals surface area contributed by atoms with Gasteiger partial charge < -0.3 is 10.1 Å². The molecule has 0 spiro atoms. The predicted molar refractivity (Wildman–Crippen MR) is 122 cm³/mol. The van der Waals surface area contributed by atoms with E-state index in [-0.39, 0.29) is 5.91 Å². The second-order valence-electron chi connectivity index (χ2n) is 6.35. The van der Waals surface area contributed by atoms with Gasteiger partial charge in [0.25, 0.3) is 0 Å². The molecule has 0 unspecified atom stereocenters. The number of nitrogens with one attached hydrogen (secondary N) is 1. The second kappa shape index (κ2) is 8.69. The zero-order valence-electron chi connectivity index (χ0n) is 15.8. The molecule has 1 heterocycles. The number of methoxy groups -OCH3 is 1. The normalized spacial score (nSPS) is 11.2. The fourth-order valence-corrected chi connectivity index (χ4v) is 3.47. The lowest BCUT2D eigenvalue weighted by atomic mass is 10.2. The van der Waals surface area contributed by atoms with Gasteiger partial charge in [-0.3, -0.25) is 4.79 Å². The van der Waals surface area contributed by atoms with Gasteiger partial charge in [-0.1, -0.05) is 45.7 Å². The molecule has 0 aliphatic rings. The molecule has 0 fully saturated rings. The molecule has 1 aromatic heterocycles. The van der Waals surface area contributed by atoms with Crippen LogP contribution in [0.5, 0.6) is 5.75 Å². The van der Waals surface area contributed by atoms with Crippen molar-refractivity contribution in [1.29, 1.82) is 0 Å². The summed E-state index contributed by atoms with van der Waals surface area (Å²) in [4.78, 5) is 14.0. The lowest BCUT2D eigenvalue weighted by molar-refractivity contribution is -0.111. The number of carbonyl (C=O) groups excluding carboxylic acids is 1. The molecule has 0 aliphatic carbocycles. The number of hydrogen-bond donors (Lipinski definition) is 1. The molecule has 1 amide bonds. The third-order valence-electron chi connectivity index (χ3n) is 4.32. The topological polar surface area (TPSA) is 69.0 Å². The van der Waals surface area contributed by atoms with Gasteiger partial charge in [0.1, 0.15) is 16.8 Å². The van der Waals surface area contributed by atoms with Crippen molar-refractivity contribution in [2.45, 2.75) is 0 Å². The highest BCUT2D eigenvalue weighted by molar-refractivity contribution is 9.10. The molecule has 150 valence electrons. The largest absolute Gasteiger partial charge is 0.496 e. The Labute approximate surface area is 186 Å². The minimum Gasteiger partial charge on any atom is -0.496 e.